The van der Waals surface area contributed by atoms with Gasteiger partial charge in [0.1, 0.15) is 0 Å². The fraction of sp³-hybridized carbons (Fsp3) is 0.722. The summed E-state index contributed by atoms with van der Waals surface area (Å²) in [4.78, 5) is 16.8. The number of piperazine rings is 1. The van der Waals surface area contributed by atoms with Crippen LogP contribution in [0.2, 0.25) is 0 Å². The smallest absolute Gasteiger partial charge is 0.233 e. The Kier molecular flexibility index (Phi) is 7.75. The van der Waals surface area contributed by atoms with Gasteiger partial charge in [-0.15, -0.1) is 22.6 Å². The largest absolute Gasteiger partial charge is 0.477 e. The fourth-order valence-corrected chi connectivity index (χ4v) is 3.53. The molecule has 1 amide bonds. The highest BCUT2D eigenvalue weighted by atomic mass is 35.5. The van der Waals surface area contributed by atoms with Gasteiger partial charge in [0.05, 0.1) is 6.61 Å². The highest BCUT2D eigenvalue weighted by Crippen LogP contribution is 2.26. The number of hydrogen-bond donors (Lipinski definition) is 0. The lowest BCUT2D eigenvalue weighted by Crippen LogP contribution is -2.50. The Hall–Kier alpha value is -1.56. The molecule has 2 aliphatic rings. The lowest BCUT2D eigenvalue weighted by molar-refractivity contribution is -0.136. The van der Waals surface area contributed by atoms with Crippen molar-refractivity contribution in [1.29, 1.82) is 0 Å². The molecule has 0 atom stereocenters. The van der Waals surface area contributed by atoms with Gasteiger partial charge in [-0.3, -0.25) is 4.79 Å². The molecule has 2 heterocycles. The van der Waals surface area contributed by atoms with E-state index in [0.717, 1.165) is 51.3 Å². The number of carbonyl (C=O) groups is 1. The first-order chi connectivity index (χ1) is 11.8. The van der Waals surface area contributed by atoms with Gasteiger partial charge in [0.15, 0.2) is 5.82 Å². The summed E-state index contributed by atoms with van der Waals surface area (Å²) in [5, 5.41) is 8.39. The van der Waals surface area contributed by atoms with Crippen LogP contribution in [0.3, 0.4) is 0 Å². The van der Waals surface area contributed by atoms with E-state index in [1.54, 1.807) is 0 Å². The first-order valence-corrected chi connectivity index (χ1v) is 9.28. The average molecular weight is 369 g/mol. The molecule has 25 heavy (non-hydrogen) atoms. The van der Waals surface area contributed by atoms with Gasteiger partial charge >= 0.3 is 0 Å². The van der Waals surface area contributed by atoms with Crippen molar-refractivity contribution >= 4 is 24.1 Å². The first kappa shape index (κ1) is 19.8. The summed E-state index contributed by atoms with van der Waals surface area (Å²) in [6.45, 7) is 5.94. The molecule has 3 rings (SSSR count). The Morgan fingerprint density at radius 2 is 1.84 bits per heavy atom. The van der Waals surface area contributed by atoms with Crippen molar-refractivity contribution in [3.63, 3.8) is 0 Å². The molecule has 1 aromatic rings. The predicted molar refractivity (Wildman–Crippen MR) is 100 cm³/mol. The minimum absolute atomic E-state index is 0. The molecule has 0 spiro atoms. The second kappa shape index (κ2) is 9.80. The minimum atomic E-state index is 0. The van der Waals surface area contributed by atoms with Gasteiger partial charge in [0.2, 0.25) is 11.8 Å². The molecule has 7 heteroatoms. The molecule has 0 N–H and O–H groups in total. The van der Waals surface area contributed by atoms with Gasteiger partial charge < -0.3 is 14.5 Å². The number of halogens is 1. The SMILES string of the molecule is CCCOc1ccc(N2CCN(C(=O)C3CCCCC3)CC2)nn1.Cl. The number of rotatable bonds is 5. The van der Waals surface area contributed by atoms with E-state index in [-0.39, 0.29) is 18.3 Å². The third-order valence-electron chi connectivity index (χ3n) is 4.95. The molecule has 2 fully saturated rings. The third-order valence-corrected chi connectivity index (χ3v) is 4.95. The van der Waals surface area contributed by atoms with Crippen LogP contribution in [-0.4, -0.2) is 53.8 Å². The molecule has 1 aromatic heterocycles. The molecule has 1 saturated heterocycles. The van der Waals surface area contributed by atoms with E-state index in [4.69, 9.17) is 4.74 Å². The number of nitrogens with zero attached hydrogens (tertiary/aromatic N) is 4. The van der Waals surface area contributed by atoms with Crippen LogP contribution < -0.4 is 9.64 Å². The van der Waals surface area contributed by atoms with Crippen molar-refractivity contribution < 1.29 is 9.53 Å². The van der Waals surface area contributed by atoms with Gasteiger partial charge in [-0.25, -0.2) is 0 Å². The maximum atomic E-state index is 12.6. The summed E-state index contributed by atoms with van der Waals surface area (Å²) in [5.41, 5.74) is 0. The summed E-state index contributed by atoms with van der Waals surface area (Å²) in [6.07, 6.45) is 6.80. The fourth-order valence-electron chi connectivity index (χ4n) is 3.53. The van der Waals surface area contributed by atoms with E-state index in [0.29, 0.717) is 18.4 Å². The summed E-state index contributed by atoms with van der Waals surface area (Å²) >= 11 is 0. The Bertz CT molecular complexity index is 526. The van der Waals surface area contributed by atoms with E-state index in [1.165, 1.54) is 19.3 Å². The van der Waals surface area contributed by atoms with Gasteiger partial charge in [0, 0.05) is 38.2 Å². The van der Waals surface area contributed by atoms with Crippen LogP contribution in [0.4, 0.5) is 5.82 Å². The summed E-state index contributed by atoms with van der Waals surface area (Å²) in [7, 11) is 0. The minimum Gasteiger partial charge on any atom is -0.477 e. The van der Waals surface area contributed by atoms with Crippen LogP contribution in [0.15, 0.2) is 12.1 Å². The monoisotopic (exact) mass is 368 g/mol. The number of amides is 1. The Morgan fingerprint density at radius 3 is 2.44 bits per heavy atom. The lowest BCUT2D eigenvalue weighted by atomic mass is 9.88. The van der Waals surface area contributed by atoms with Crippen molar-refractivity contribution in [2.45, 2.75) is 45.4 Å². The zero-order valence-electron chi connectivity index (χ0n) is 15.0. The van der Waals surface area contributed by atoms with E-state index in [1.807, 2.05) is 17.0 Å². The Labute approximate surface area is 156 Å². The number of ether oxygens (including phenoxy) is 1. The highest BCUT2D eigenvalue weighted by molar-refractivity contribution is 5.85. The molecule has 1 aliphatic heterocycles. The molecule has 0 bridgehead atoms. The van der Waals surface area contributed by atoms with Crippen molar-refractivity contribution in [3.05, 3.63) is 12.1 Å². The summed E-state index contributed by atoms with van der Waals surface area (Å²) < 4.78 is 5.47. The van der Waals surface area contributed by atoms with Crippen LogP contribution in [-0.2, 0) is 4.79 Å². The molecular formula is C18H29ClN4O2. The highest BCUT2D eigenvalue weighted by Gasteiger charge is 2.28. The number of aromatic nitrogens is 2. The maximum Gasteiger partial charge on any atom is 0.233 e. The van der Waals surface area contributed by atoms with E-state index in [9.17, 15) is 4.79 Å². The molecule has 1 aliphatic carbocycles. The zero-order chi connectivity index (χ0) is 16.8. The number of anilines is 1. The zero-order valence-corrected chi connectivity index (χ0v) is 15.8. The molecule has 6 nitrogen and oxygen atoms in total. The second-order valence-electron chi connectivity index (χ2n) is 6.73. The quantitative estimate of drug-likeness (QED) is 0.799. The molecule has 0 aromatic carbocycles. The standard InChI is InChI=1S/C18H28N4O2.ClH/c1-2-14-24-17-9-8-16(19-20-17)21-10-12-22(13-11-21)18(23)15-6-4-3-5-7-15;/h8-9,15H,2-7,10-14H2,1H3;1H. The Balaban J connectivity index is 0.00000225. The summed E-state index contributed by atoms with van der Waals surface area (Å²) in [5.74, 6) is 2.07. The van der Waals surface area contributed by atoms with E-state index >= 15 is 0 Å². The Morgan fingerprint density at radius 1 is 1.12 bits per heavy atom. The van der Waals surface area contributed by atoms with Crippen LogP contribution in [0.25, 0.3) is 0 Å². The van der Waals surface area contributed by atoms with Crippen molar-refractivity contribution in [3.8, 4) is 5.88 Å². The normalized spacial score (nSPS) is 18.6. The topological polar surface area (TPSA) is 58.6 Å². The van der Waals surface area contributed by atoms with Gasteiger partial charge in [0.25, 0.3) is 0 Å². The third kappa shape index (κ3) is 5.21. The number of hydrogen-bond acceptors (Lipinski definition) is 5. The van der Waals surface area contributed by atoms with Crippen LogP contribution in [0, 0.1) is 5.92 Å². The second-order valence-corrected chi connectivity index (χ2v) is 6.73. The lowest BCUT2D eigenvalue weighted by Gasteiger charge is -2.37. The predicted octanol–water partition coefficient (Wildman–Crippen LogP) is 2.92. The summed E-state index contributed by atoms with van der Waals surface area (Å²) in [6, 6.07) is 3.83. The molecule has 0 radical (unpaired) electrons. The molecule has 0 unspecified atom stereocenters. The van der Waals surface area contributed by atoms with Crippen molar-refractivity contribution in [2.75, 3.05) is 37.7 Å². The average Bonchev–Trinajstić information content (AvgIpc) is 2.67. The van der Waals surface area contributed by atoms with Gasteiger partial charge in [-0.2, -0.15) is 0 Å². The van der Waals surface area contributed by atoms with Crippen LogP contribution >= 0.6 is 12.4 Å². The number of carbonyl (C=O) groups excluding carboxylic acids is 1. The van der Waals surface area contributed by atoms with Crippen molar-refractivity contribution in [2.24, 2.45) is 5.92 Å². The van der Waals surface area contributed by atoms with Crippen molar-refractivity contribution in [1.82, 2.24) is 15.1 Å². The maximum absolute atomic E-state index is 12.6. The molecule has 140 valence electrons. The van der Waals surface area contributed by atoms with Gasteiger partial charge in [-0.1, -0.05) is 26.2 Å². The van der Waals surface area contributed by atoms with E-state index < -0.39 is 0 Å². The van der Waals surface area contributed by atoms with Crippen LogP contribution in [0.1, 0.15) is 45.4 Å². The van der Waals surface area contributed by atoms with Crippen LogP contribution in [0.5, 0.6) is 5.88 Å². The van der Waals surface area contributed by atoms with E-state index in [2.05, 4.69) is 22.0 Å². The van der Waals surface area contributed by atoms with Gasteiger partial charge in [-0.05, 0) is 25.3 Å². The molecule has 1 saturated carbocycles. The first-order valence-electron chi connectivity index (χ1n) is 9.28. The molecular weight excluding hydrogens is 340 g/mol.